The molecule has 0 aliphatic rings. The van der Waals surface area contributed by atoms with Gasteiger partial charge in [-0.25, -0.2) is 5.10 Å². The first-order valence-electron chi connectivity index (χ1n) is 6.45. The molecule has 3 N–H and O–H groups in total. The lowest BCUT2D eigenvalue weighted by Gasteiger charge is -2.13. The van der Waals surface area contributed by atoms with Crippen LogP contribution in [0.2, 0.25) is 0 Å². The van der Waals surface area contributed by atoms with Gasteiger partial charge in [0, 0.05) is 6.54 Å². The molecule has 1 aromatic heterocycles. The Kier molecular flexibility index (Phi) is 5.42. The van der Waals surface area contributed by atoms with Crippen LogP contribution in [0.25, 0.3) is 0 Å². The van der Waals surface area contributed by atoms with E-state index in [1.807, 2.05) is 6.92 Å². The van der Waals surface area contributed by atoms with E-state index in [0.717, 1.165) is 0 Å². The van der Waals surface area contributed by atoms with Gasteiger partial charge in [-0.3, -0.25) is 14.4 Å². The number of rotatable bonds is 6. The van der Waals surface area contributed by atoms with Gasteiger partial charge in [-0.15, -0.1) is 0 Å². The Morgan fingerprint density at radius 1 is 1.40 bits per heavy atom. The molecule has 0 radical (unpaired) electrons. The summed E-state index contributed by atoms with van der Waals surface area (Å²) in [4.78, 5) is 34.7. The monoisotopic (exact) mass is 281 g/mol. The van der Waals surface area contributed by atoms with E-state index in [1.54, 1.807) is 13.8 Å². The summed E-state index contributed by atoms with van der Waals surface area (Å²) < 4.78 is 0. The maximum absolute atomic E-state index is 12.0. The molecule has 1 amide bonds. The van der Waals surface area contributed by atoms with Gasteiger partial charge < -0.3 is 10.4 Å². The number of carboxylic acid groups (broad SMARTS) is 1. The zero-order valence-corrected chi connectivity index (χ0v) is 11.8. The number of carbonyl (C=O) groups is 2. The van der Waals surface area contributed by atoms with Crippen LogP contribution >= 0.6 is 0 Å². The first-order chi connectivity index (χ1) is 9.38. The zero-order chi connectivity index (χ0) is 15.3. The quantitative estimate of drug-likeness (QED) is 0.707. The van der Waals surface area contributed by atoms with Gasteiger partial charge in [-0.1, -0.05) is 13.3 Å². The van der Waals surface area contributed by atoms with Crippen molar-refractivity contribution in [3.8, 4) is 0 Å². The number of amides is 1. The lowest BCUT2D eigenvalue weighted by atomic mass is 10.0. The highest BCUT2D eigenvalue weighted by molar-refractivity contribution is 5.95. The molecule has 1 unspecified atom stereocenters. The molecule has 20 heavy (non-hydrogen) atoms. The van der Waals surface area contributed by atoms with Gasteiger partial charge in [-0.2, -0.15) is 5.10 Å². The van der Waals surface area contributed by atoms with Crippen LogP contribution in [-0.4, -0.2) is 33.7 Å². The van der Waals surface area contributed by atoms with E-state index in [4.69, 9.17) is 5.11 Å². The minimum atomic E-state index is -0.955. The van der Waals surface area contributed by atoms with Gasteiger partial charge in [0.1, 0.15) is 5.56 Å². The van der Waals surface area contributed by atoms with Crippen LogP contribution < -0.4 is 10.9 Å². The first-order valence-corrected chi connectivity index (χ1v) is 6.45. The summed E-state index contributed by atoms with van der Waals surface area (Å²) in [7, 11) is 0. The molecule has 0 aliphatic heterocycles. The second-order valence-corrected chi connectivity index (χ2v) is 4.67. The molecule has 0 spiro atoms. The van der Waals surface area contributed by atoms with Crippen LogP contribution in [0.1, 0.15) is 41.4 Å². The number of hydrogen-bond donors (Lipinski definition) is 3. The Labute approximate surface area is 116 Å². The summed E-state index contributed by atoms with van der Waals surface area (Å²) in [5, 5.41) is 17.5. The molecule has 0 aromatic carbocycles. The largest absolute Gasteiger partial charge is 0.481 e. The Balaban J connectivity index is 2.85. The Morgan fingerprint density at radius 2 is 2.05 bits per heavy atom. The molecular weight excluding hydrogens is 262 g/mol. The standard InChI is InChI=1S/C13H19N3O4/c1-4-5-9(13(19)20)6-14-11(17)10-7(2)8(3)15-16-12(10)18/h9H,4-6H2,1-3H3,(H,14,17)(H,16,18)(H,19,20). The lowest BCUT2D eigenvalue weighted by molar-refractivity contribution is -0.141. The Morgan fingerprint density at radius 3 is 2.60 bits per heavy atom. The van der Waals surface area contributed by atoms with Crippen molar-refractivity contribution in [2.24, 2.45) is 5.92 Å². The van der Waals surface area contributed by atoms with E-state index in [-0.39, 0.29) is 12.1 Å². The summed E-state index contributed by atoms with van der Waals surface area (Å²) >= 11 is 0. The third-order valence-corrected chi connectivity index (χ3v) is 3.19. The number of aromatic amines is 1. The van der Waals surface area contributed by atoms with E-state index in [9.17, 15) is 14.4 Å². The van der Waals surface area contributed by atoms with E-state index >= 15 is 0 Å². The van der Waals surface area contributed by atoms with E-state index in [2.05, 4.69) is 15.5 Å². The first kappa shape index (κ1) is 15.9. The van der Waals surface area contributed by atoms with Crippen molar-refractivity contribution in [2.45, 2.75) is 33.6 Å². The summed E-state index contributed by atoms with van der Waals surface area (Å²) in [6.45, 7) is 5.19. The number of carbonyl (C=O) groups excluding carboxylic acids is 1. The highest BCUT2D eigenvalue weighted by Gasteiger charge is 2.20. The number of nitrogens with zero attached hydrogens (tertiary/aromatic N) is 1. The molecule has 1 atom stereocenters. The Bertz CT molecular complexity index is 565. The van der Waals surface area contributed by atoms with Crippen molar-refractivity contribution in [2.75, 3.05) is 6.54 Å². The highest BCUT2D eigenvalue weighted by Crippen LogP contribution is 2.07. The maximum Gasteiger partial charge on any atom is 0.308 e. The van der Waals surface area contributed by atoms with Gasteiger partial charge in [0.2, 0.25) is 0 Å². The van der Waals surface area contributed by atoms with Crippen molar-refractivity contribution in [3.05, 3.63) is 27.2 Å². The molecule has 0 aliphatic carbocycles. The van der Waals surface area contributed by atoms with E-state index < -0.39 is 23.4 Å². The van der Waals surface area contributed by atoms with Crippen molar-refractivity contribution < 1.29 is 14.7 Å². The fraction of sp³-hybridized carbons (Fsp3) is 0.538. The van der Waals surface area contributed by atoms with Gasteiger partial charge >= 0.3 is 5.97 Å². The summed E-state index contributed by atoms with van der Waals surface area (Å²) in [5.41, 5.74) is 0.456. The fourth-order valence-corrected chi connectivity index (χ4v) is 1.86. The van der Waals surface area contributed by atoms with Crippen LogP contribution in [0.4, 0.5) is 0 Å². The predicted molar refractivity (Wildman–Crippen MR) is 72.7 cm³/mol. The van der Waals surface area contributed by atoms with Crippen LogP contribution in [-0.2, 0) is 4.79 Å². The summed E-state index contributed by atoms with van der Waals surface area (Å²) in [5.74, 6) is -2.17. The number of hydrogen-bond acceptors (Lipinski definition) is 4. The molecule has 7 nitrogen and oxygen atoms in total. The molecule has 1 heterocycles. The predicted octanol–water partition coefficient (Wildman–Crippen LogP) is 0.617. The SMILES string of the molecule is CCCC(CNC(=O)c1c(C)c(C)n[nH]c1=O)C(=O)O. The van der Waals surface area contributed by atoms with Crippen LogP contribution in [0.3, 0.4) is 0 Å². The second-order valence-electron chi connectivity index (χ2n) is 4.67. The van der Waals surface area contributed by atoms with Gasteiger partial charge in [-0.05, 0) is 25.8 Å². The number of nitrogens with one attached hydrogen (secondary N) is 2. The van der Waals surface area contributed by atoms with E-state index in [1.165, 1.54) is 0 Å². The van der Waals surface area contributed by atoms with Crippen molar-refractivity contribution in [1.29, 1.82) is 0 Å². The average molecular weight is 281 g/mol. The lowest BCUT2D eigenvalue weighted by Crippen LogP contribution is -2.36. The highest BCUT2D eigenvalue weighted by atomic mass is 16.4. The van der Waals surface area contributed by atoms with Gasteiger partial charge in [0.05, 0.1) is 11.6 Å². The molecule has 0 saturated heterocycles. The number of aryl methyl sites for hydroxylation is 1. The molecule has 0 bridgehead atoms. The van der Waals surface area contributed by atoms with Crippen molar-refractivity contribution >= 4 is 11.9 Å². The third kappa shape index (κ3) is 3.66. The van der Waals surface area contributed by atoms with Crippen molar-refractivity contribution in [3.63, 3.8) is 0 Å². The number of aromatic nitrogens is 2. The molecular formula is C13H19N3O4. The molecule has 1 aromatic rings. The fourth-order valence-electron chi connectivity index (χ4n) is 1.86. The maximum atomic E-state index is 12.0. The minimum absolute atomic E-state index is 0.00224. The van der Waals surface area contributed by atoms with Gasteiger partial charge in [0.25, 0.3) is 11.5 Å². The molecule has 0 saturated carbocycles. The number of H-pyrrole nitrogens is 1. The van der Waals surface area contributed by atoms with Crippen LogP contribution in [0.15, 0.2) is 4.79 Å². The zero-order valence-electron chi connectivity index (χ0n) is 11.8. The topological polar surface area (TPSA) is 112 Å². The smallest absolute Gasteiger partial charge is 0.308 e. The number of carboxylic acids is 1. The third-order valence-electron chi connectivity index (χ3n) is 3.19. The number of aliphatic carboxylic acids is 1. The van der Waals surface area contributed by atoms with Crippen LogP contribution in [0, 0.1) is 19.8 Å². The van der Waals surface area contributed by atoms with E-state index in [0.29, 0.717) is 24.1 Å². The molecule has 7 heteroatoms. The molecule has 0 fully saturated rings. The Hall–Kier alpha value is -2.18. The normalized spacial score (nSPS) is 11.9. The molecule has 110 valence electrons. The van der Waals surface area contributed by atoms with Gasteiger partial charge in [0.15, 0.2) is 0 Å². The summed E-state index contributed by atoms with van der Waals surface area (Å²) in [6.07, 6.45) is 1.18. The minimum Gasteiger partial charge on any atom is -0.481 e. The average Bonchev–Trinajstić information content (AvgIpc) is 2.39. The van der Waals surface area contributed by atoms with Crippen molar-refractivity contribution in [1.82, 2.24) is 15.5 Å². The molecule has 1 rings (SSSR count). The summed E-state index contributed by atoms with van der Waals surface area (Å²) in [6, 6.07) is 0. The second kappa shape index (κ2) is 6.83. The van der Waals surface area contributed by atoms with Crippen LogP contribution in [0.5, 0.6) is 0 Å².